The number of hydrogen-bond donors (Lipinski definition) is 4. The number of methoxy groups -OCH3 is 1. The molecule has 3 heterocycles. The quantitative estimate of drug-likeness (QED) is 0.359. The average molecular weight is 426 g/mol. The van der Waals surface area contributed by atoms with Crippen molar-refractivity contribution >= 4 is 22.8 Å². The lowest BCUT2D eigenvalue weighted by molar-refractivity contribution is 0.337. The third kappa shape index (κ3) is 4.86. The standard InChI is InChI=1S/C21H31N9O/c1-3-5-18(22)28-20-19-15(27-21(23)29-20)11-26-30(19)12-16-17(31-2)8-13(10-25-16)9-24-14-6-4-7-14/h8,10-11,14,18,24H,3-7,9,12,22H2,1-2H3,(H3,23,27,28,29). The number of fused-ring (bicyclic) bond motifs is 1. The Kier molecular flexibility index (Phi) is 6.47. The highest BCUT2D eigenvalue weighted by atomic mass is 16.5. The maximum atomic E-state index is 6.17. The number of anilines is 2. The Morgan fingerprint density at radius 2 is 2.13 bits per heavy atom. The van der Waals surface area contributed by atoms with E-state index in [9.17, 15) is 0 Å². The van der Waals surface area contributed by atoms with Crippen molar-refractivity contribution < 1.29 is 4.74 Å². The molecular weight excluding hydrogens is 394 g/mol. The normalized spacial score (nSPS) is 15.1. The molecule has 1 saturated carbocycles. The van der Waals surface area contributed by atoms with Gasteiger partial charge in [-0.3, -0.25) is 9.67 Å². The molecule has 1 aliphatic carbocycles. The SMILES string of the molecule is CCCC(N)Nc1nc(N)nc2cnn(Cc3ncc(CNC4CCC4)cc3OC)c12. The first kappa shape index (κ1) is 21.3. The summed E-state index contributed by atoms with van der Waals surface area (Å²) in [4.78, 5) is 13.3. The molecule has 6 N–H and O–H groups in total. The Bertz CT molecular complexity index is 1030. The van der Waals surface area contributed by atoms with Gasteiger partial charge in [-0.25, -0.2) is 4.98 Å². The summed E-state index contributed by atoms with van der Waals surface area (Å²) in [5.41, 5.74) is 15.3. The molecular formula is C21H31N9O. The zero-order chi connectivity index (χ0) is 21.8. The Labute approximate surface area is 181 Å². The van der Waals surface area contributed by atoms with Gasteiger partial charge >= 0.3 is 0 Å². The van der Waals surface area contributed by atoms with Gasteiger partial charge in [0.1, 0.15) is 22.5 Å². The van der Waals surface area contributed by atoms with Crippen molar-refractivity contribution in [2.75, 3.05) is 18.2 Å². The van der Waals surface area contributed by atoms with Gasteiger partial charge in [0, 0.05) is 18.8 Å². The van der Waals surface area contributed by atoms with Crippen LogP contribution >= 0.6 is 0 Å². The Balaban J connectivity index is 1.58. The molecule has 0 aliphatic heterocycles. The van der Waals surface area contributed by atoms with Gasteiger partial charge in [0.05, 0.1) is 26.0 Å². The average Bonchev–Trinajstić information content (AvgIpc) is 3.10. The molecule has 1 atom stereocenters. The first-order valence-electron chi connectivity index (χ1n) is 10.8. The Morgan fingerprint density at radius 1 is 1.29 bits per heavy atom. The lowest BCUT2D eigenvalue weighted by Crippen LogP contribution is -2.34. The minimum atomic E-state index is -0.235. The molecule has 31 heavy (non-hydrogen) atoms. The van der Waals surface area contributed by atoms with E-state index in [1.165, 1.54) is 19.3 Å². The van der Waals surface area contributed by atoms with Crippen LogP contribution in [0.25, 0.3) is 11.0 Å². The molecule has 3 aromatic rings. The van der Waals surface area contributed by atoms with E-state index in [1.54, 1.807) is 18.0 Å². The molecule has 0 saturated heterocycles. The molecule has 0 spiro atoms. The highest BCUT2D eigenvalue weighted by Crippen LogP contribution is 2.25. The predicted octanol–water partition coefficient (Wildman–Crippen LogP) is 2.00. The van der Waals surface area contributed by atoms with Gasteiger partial charge < -0.3 is 26.8 Å². The van der Waals surface area contributed by atoms with Crippen molar-refractivity contribution in [2.45, 2.75) is 64.3 Å². The maximum Gasteiger partial charge on any atom is 0.222 e. The first-order chi connectivity index (χ1) is 15.1. The first-order valence-corrected chi connectivity index (χ1v) is 10.8. The summed E-state index contributed by atoms with van der Waals surface area (Å²) in [5.74, 6) is 1.48. The van der Waals surface area contributed by atoms with E-state index in [0.29, 0.717) is 23.9 Å². The maximum absolute atomic E-state index is 6.17. The minimum Gasteiger partial charge on any atom is -0.495 e. The lowest BCUT2D eigenvalue weighted by atomic mass is 9.93. The van der Waals surface area contributed by atoms with E-state index in [2.05, 4.69) is 37.6 Å². The molecule has 0 radical (unpaired) electrons. The highest BCUT2D eigenvalue weighted by molar-refractivity contribution is 5.86. The zero-order valence-electron chi connectivity index (χ0n) is 18.1. The zero-order valence-corrected chi connectivity index (χ0v) is 18.1. The molecule has 10 nitrogen and oxygen atoms in total. The largest absolute Gasteiger partial charge is 0.495 e. The van der Waals surface area contributed by atoms with Crippen LogP contribution in [0.5, 0.6) is 5.75 Å². The second-order valence-corrected chi connectivity index (χ2v) is 8.01. The molecule has 4 rings (SSSR count). The fourth-order valence-electron chi connectivity index (χ4n) is 3.72. The van der Waals surface area contributed by atoms with Gasteiger partial charge in [0.25, 0.3) is 0 Å². The summed E-state index contributed by atoms with van der Waals surface area (Å²) in [6.07, 6.45) is 8.91. The van der Waals surface area contributed by atoms with Crippen LogP contribution in [0.4, 0.5) is 11.8 Å². The van der Waals surface area contributed by atoms with Gasteiger partial charge in [-0.05, 0) is 30.9 Å². The fourth-order valence-corrected chi connectivity index (χ4v) is 3.72. The number of nitrogens with one attached hydrogen (secondary N) is 2. The summed E-state index contributed by atoms with van der Waals surface area (Å²) < 4.78 is 7.42. The van der Waals surface area contributed by atoms with Gasteiger partial charge in [-0.15, -0.1) is 0 Å². The molecule has 1 unspecified atom stereocenters. The van der Waals surface area contributed by atoms with E-state index in [4.69, 9.17) is 16.2 Å². The number of aromatic nitrogens is 5. The van der Waals surface area contributed by atoms with E-state index >= 15 is 0 Å². The van der Waals surface area contributed by atoms with Crippen LogP contribution in [0, 0.1) is 0 Å². The number of nitrogen functional groups attached to an aromatic ring is 1. The van der Waals surface area contributed by atoms with Gasteiger partial charge in [-0.1, -0.05) is 19.8 Å². The molecule has 3 aromatic heterocycles. The van der Waals surface area contributed by atoms with Gasteiger partial charge in [0.15, 0.2) is 5.82 Å². The number of nitrogens with zero attached hydrogens (tertiary/aromatic N) is 5. The third-order valence-corrected chi connectivity index (χ3v) is 5.63. The number of pyridine rings is 1. The number of rotatable bonds is 10. The van der Waals surface area contributed by atoms with Crippen LogP contribution in [0.1, 0.15) is 50.3 Å². The van der Waals surface area contributed by atoms with Crippen molar-refractivity contribution in [1.82, 2.24) is 30.0 Å². The summed E-state index contributed by atoms with van der Waals surface area (Å²) >= 11 is 0. The number of nitrogens with two attached hydrogens (primary N) is 2. The Hall–Kier alpha value is -2.98. The molecule has 0 bridgehead atoms. The van der Waals surface area contributed by atoms with E-state index in [-0.39, 0.29) is 12.1 Å². The second kappa shape index (κ2) is 9.44. The molecule has 166 valence electrons. The summed E-state index contributed by atoms with van der Waals surface area (Å²) in [5, 5.41) is 11.3. The van der Waals surface area contributed by atoms with Crippen molar-refractivity contribution in [2.24, 2.45) is 5.73 Å². The van der Waals surface area contributed by atoms with E-state index < -0.39 is 0 Å². The van der Waals surface area contributed by atoms with Crippen LogP contribution in [-0.2, 0) is 13.1 Å². The second-order valence-electron chi connectivity index (χ2n) is 8.01. The molecule has 0 amide bonds. The third-order valence-electron chi connectivity index (χ3n) is 5.63. The van der Waals surface area contributed by atoms with Crippen LogP contribution < -0.4 is 26.8 Å². The molecule has 0 aromatic carbocycles. The van der Waals surface area contributed by atoms with Crippen molar-refractivity contribution in [1.29, 1.82) is 0 Å². The summed E-state index contributed by atoms with van der Waals surface area (Å²) in [6, 6.07) is 2.66. The fraction of sp³-hybridized carbons (Fsp3) is 0.524. The topological polar surface area (TPSA) is 142 Å². The van der Waals surface area contributed by atoms with Gasteiger partial charge in [-0.2, -0.15) is 10.1 Å². The van der Waals surface area contributed by atoms with Crippen molar-refractivity contribution in [3.63, 3.8) is 0 Å². The molecule has 1 fully saturated rings. The molecule has 10 heteroatoms. The molecule has 1 aliphatic rings. The Morgan fingerprint density at radius 3 is 2.84 bits per heavy atom. The smallest absolute Gasteiger partial charge is 0.222 e. The lowest BCUT2D eigenvalue weighted by Gasteiger charge is -2.26. The minimum absolute atomic E-state index is 0.178. The summed E-state index contributed by atoms with van der Waals surface area (Å²) in [7, 11) is 1.66. The summed E-state index contributed by atoms with van der Waals surface area (Å²) in [6.45, 7) is 3.28. The van der Waals surface area contributed by atoms with Crippen LogP contribution in [-0.4, -0.2) is 44.0 Å². The number of ether oxygens (including phenoxy) is 1. The van der Waals surface area contributed by atoms with Crippen LogP contribution in [0.15, 0.2) is 18.5 Å². The van der Waals surface area contributed by atoms with E-state index in [1.807, 2.05) is 12.3 Å². The van der Waals surface area contributed by atoms with Crippen LogP contribution in [0.2, 0.25) is 0 Å². The van der Waals surface area contributed by atoms with E-state index in [0.717, 1.165) is 41.9 Å². The predicted molar refractivity (Wildman–Crippen MR) is 121 cm³/mol. The van der Waals surface area contributed by atoms with Gasteiger partial charge in [0.2, 0.25) is 5.95 Å². The van der Waals surface area contributed by atoms with Crippen molar-refractivity contribution in [3.05, 3.63) is 29.7 Å². The number of hydrogen-bond acceptors (Lipinski definition) is 9. The van der Waals surface area contributed by atoms with Crippen LogP contribution in [0.3, 0.4) is 0 Å². The highest BCUT2D eigenvalue weighted by Gasteiger charge is 2.18. The van der Waals surface area contributed by atoms with Crippen molar-refractivity contribution in [3.8, 4) is 5.75 Å². The monoisotopic (exact) mass is 425 g/mol.